The summed E-state index contributed by atoms with van der Waals surface area (Å²) in [5.41, 5.74) is 0.813. The molecular weight excluding hydrogens is 360 g/mol. The number of amides is 3. The molecule has 0 aromatic heterocycles. The summed E-state index contributed by atoms with van der Waals surface area (Å²) in [6, 6.07) is 5.44. The van der Waals surface area contributed by atoms with E-state index >= 15 is 0 Å². The van der Waals surface area contributed by atoms with Crippen molar-refractivity contribution in [3.8, 4) is 0 Å². The fraction of sp³-hybridized carbons (Fsp3) is 0.467. The summed E-state index contributed by atoms with van der Waals surface area (Å²) < 4.78 is 22.9. The number of hydrogen-bond acceptors (Lipinski definition) is 7. The van der Waals surface area contributed by atoms with Crippen LogP contribution in [0, 0.1) is 0 Å². The number of anilines is 1. The van der Waals surface area contributed by atoms with Gasteiger partial charge in [-0.05, 0) is 30.7 Å². The Bertz CT molecular complexity index is 857. The van der Waals surface area contributed by atoms with Crippen LogP contribution in [0.1, 0.15) is 6.42 Å². The minimum Gasteiger partial charge on any atom is -0.343 e. The molecular formula is C15H20N6O4S. The van der Waals surface area contributed by atoms with Gasteiger partial charge in [-0.2, -0.15) is 0 Å². The highest BCUT2D eigenvalue weighted by atomic mass is 32.2. The number of nitrogens with zero attached hydrogens (tertiary/aromatic N) is 3. The Balaban J connectivity index is 1.64. The summed E-state index contributed by atoms with van der Waals surface area (Å²) in [5.74, 6) is -0.306. The van der Waals surface area contributed by atoms with Gasteiger partial charge in [0.05, 0.1) is 4.90 Å². The van der Waals surface area contributed by atoms with Crippen molar-refractivity contribution in [2.24, 2.45) is 5.14 Å². The minimum atomic E-state index is -3.75. The maximum atomic E-state index is 12.3. The predicted octanol–water partition coefficient (Wildman–Crippen LogP) is -1.39. The van der Waals surface area contributed by atoms with Gasteiger partial charge in [-0.15, -0.1) is 0 Å². The highest BCUT2D eigenvalue weighted by Gasteiger charge is 2.53. The normalized spacial score (nSPS) is 29.4. The Hall–Kier alpha value is -2.21. The van der Waals surface area contributed by atoms with Crippen LogP contribution >= 0.6 is 0 Å². The van der Waals surface area contributed by atoms with Crippen molar-refractivity contribution < 1.29 is 18.0 Å². The van der Waals surface area contributed by atoms with Crippen molar-refractivity contribution in [1.29, 1.82) is 0 Å². The van der Waals surface area contributed by atoms with E-state index in [-0.39, 0.29) is 17.1 Å². The number of sulfonamides is 1. The van der Waals surface area contributed by atoms with E-state index in [0.717, 1.165) is 25.2 Å². The molecule has 0 bridgehead atoms. The highest BCUT2D eigenvalue weighted by molar-refractivity contribution is 7.89. The van der Waals surface area contributed by atoms with Crippen molar-refractivity contribution in [1.82, 2.24) is 20.4 Å². The number of nitrogens with one attached hydrogen (secondary N) is 2. The van der Waals surface area contributed by atoms with Crippen molar-refractivity contribution in [3.63, 3.8) is 0 Å². The number of benzene rings is 1. The van der Waals surface area contributed by atoms with Crippen LogP contribution in [0.4, 0.5) is 10.5 Å². The van der Waals surface area contributed by atoms with E-state index in [0.29, 0.717) is 0 Å². The largest absolute Gasteiger partial charge is 0.343 e. The Morgan fingerprint density at radius 2 is 1.85 bits per heavy atom. The maximum Gasteiger partial charge on any atom is 0.325 e. The number of nitrogens with two attached hydrogens (primary N) is 1. The van der Waals surface area contributed by atoms with E-state index in [9.17, 15) is 18.0 Å². The Labute approximate surface area is 151 Å². The minimum absolute atomic E-state index is 0.0490. The monoisotopic (exact) mass is 380 g/mol. The van der Waals surface area contributed by atoms with Crippen molar-refractivity contribution in [3.05, 3.63) is 24.3 Å². The third-order valence-electron chi connectivity index (χ3n) is 5.13. The molecule has 140 valence electrons. The quantitative estimate of drug-likeness (QED) is 0.576. The van der Waals surface area contributed by atoms with Crippen LogP contribution in [0.5, 0.6) is 0 Å². The van der Waals surface area contributed by atoms with Gasteiger partial charge in [0.2, 0.25) is 15.9 Å². The third kappa shape index (κ3) is 2.63. The van der Waals surface area contributed by atoms with Crippen molar-refractivity contribution in [2.75, 3.05) is 25.0 Å². The summed E-state index contributed by atoms with van der Waals surface area (Å²) in [7, 11) is -2.10. The smallest absolute Gasteiger partial charge is 0.325 e. The third-order valence-corrected chi connectivity index (χ3v) is 6.06. The molecule has 3 atom stereocenters. The zero-order chi connectivity index (χ0) is 18.6. The summed E-state index contributed by atoms with van der Waals surface area (Å²) in [4.78, 5) is 29.9. The van der Waals surface area contributed by atoms with E-state index in [4.69, 9.17) is 5.14 Å². The molecule has 3 heterocycles. The van der Waals surface area contributed by atoms with Gasteiger partial charge in [0.15, 0.2) is 0 Å². The molecule has 3 fully saturated rings. The molecule has 3 aliphatic rings. The van der Waals surface area contributed by atoms with Crippen LogP contribution in [0.15, 0.2) is 29.2 Å². The standard InChI is InChI=1S/C15H20N6O4S/c1-19-12-11(13(22)18-15(19)23)21-8-2-7-20(14(21)17-12)9-3-5-10(6-4-9)26(16,24)25/h3-6,11-12,14,17H,2,7-8H2,1H3,(H2,16,24,25)(H,18,22,23). The topological polar surface area (TPSA) is 128 Å². The summed E-state index contributed by atoms with van der Waals surface area (Å²) in [6.45, 7) is 1.46. The second kappa shape index (κ2) is 5.91. The number of rotatable bonds is 2. The lowest BCUT2D eigenvalue weighted by atomic mass is 10.1. The van der Waals surface area contributed by atoms with Gasteiger partial charge in [-0.1, -0.05) is 0 Å². The number of imide groups is 1. The lowest BCUT2D eigenvalue weighted by Gasteiger charge is -2.42. The van der Waals surface area contributed by atoms with Crippen LogP contribution in [0.25, 0.3) is 0 Å². The highest BCUT2D eigenvalue weighted by Crippen LogP contribution is 2.31. The molecule has 1 aromatic carbocycles. The maximum absolute atomic E-state index is 12.3. The first kappa shape index (κ1) is 17.2. The molecule has 3 amide bonds. The fourth-order valence-corrected chi connectivity index (χ4v) is 4.37. The van der Waals surface area contributed by atoms with Gasteiger partial charge >= 0.3 is 6.03 Å². The molecule has 1 aromatic rings. The molecule has 0 radical (unpaired) electrons. The number of fused-ring (bicyclic) bond motifs is 3. The van der Waals surface area contributed by atoms with Gasteiger partial charge in [-0.25, -0.2) is 18.4 Å². The van der Waals surface area contributed by atoms with E-state index in [2.05, 4.69) is 15.5 Å². The van der Waals surface area contributed by atoms with Crippen LogP contribution in [0.2, 0.25) is 0 Å². The van der Waals surface area contributed by atoms with Crippen LogP contribution in [-0.4, -0.2) is 68.8 Å². The Kier molecular flexibility index (Phi) is 3.91. The van der Waals surface area contributed by atoms with Gasteiger partial charge in [0, 0.05) is 25.8 Å². The molecule has 4 rings (SSSR count). The zero-order valence-corrected chi connectivity index (χ0v) is 14.9. The Morgan fingerprint density at radius 3 is 2.50 bits per heavy atom. The summed E-state index contributed by atoms with van der Waals surface area (Å²) >= 11 is 0. The number of likely N-dealkylation sites (N-methyl/N-ethyl adjacent to an activating group) is 1. The summed E-state index contributed by atoms with van der Waals surface area (Å²) in [6.07, 6.45) is 0.159. The van der Waals surface area contributed by atoms with E-state index in [1.165, 1.54) is 17.0 Å². The SMILES string of the molecule is CN1C(=O)NC(=O)C2C1NC1N(c3ccc(S(N)(=O)=O)cc3)CCCN21. The van der Waals surface area contributed by atoms with E-state index < -0.39 is 28.3 Å². The second-order valence-corrected chi connectivity index (χ2v) is 8.22. The number of primary sulfonamides is 1. The molecule has 4 N–H and O–H groups in total. The van der Waals surface area contributed by atoms with Gasteiger partial charge < -0.3 is 9.80 Å². The predicted molar refractivity (Wildman–Crippen MR) is 92.3 cm³/mol. The lowest BCUT2D eigenvalue weighted by molar-refractivity contribution is -0.128. The molecule has 10 nitrogen and oxygen atoms in total. The van der Waals surface area contributed by atoms with Crippen LogP contribution in [0.3, 0.4) is 0 Å². The first-order valence-electron chi connectivity index (χ1n) is 8.26. The Morgan fingerprint density at radius 1 is 1.15 bits per heavy atom. The number of carbonyl (C=O) groups is 2. The van der Waals surface area contributed by atoms with E-state index in [1.54, 1.807) is 19.2 Å². The van der Waals surface area contributed by atoms with Crippen LogP contribution < -0.4 is 20.7 Å². The van der Waals surface area contributed by atoms with Crippen molar-refractivity contribution >= 4 is 27.6 Å². The molecule has 0 saturated carbocycles. The van der Waals surface area contributed by atoms with E-state index in [1.807, 2.05) is 4.90 Å². The summed E-state index contributed by atoms with van der Waals surface area (Å²) in [5, 5.41) is 10.9. The zero-order valence-electron chi connectivity index (χ0n) is 14.1. The lowest BCUT2D eigenvalue weighted by Crippen LogP contribution is -2.65. The van der Waals surface area contributed by atoms with Crippen LogP contribution in [-0.2, 0) is 14.8 Å². The molecule has 3 unspecified atom stereocenters. The number of hydrogen-bond donors (Lipinski definition) is 3. The number of carbonyl (C=O) groups excluding carboxylic acids is 2. The molecule has 26 heavy (non-hydrogen) atoms. The number of urea groups is 1. The molecule has 3 saturated heterocycles. The molecule has 11 heteroatoms. The average Bonchev–Trinajstić information content (AvgIpc) is 2.99. The molecule has 3 aliphatic heterocycles. The molecule has 0 spiro atoms. The first-order chi connectivity index (χ1) is 12.3. The van der Waals surface area contributed by atoms with Gasteiger partial charge in [-0.3, -0.25) is 20.3 Å². The van der Waals surface area contributed by atoms with Gasteiger partial charge in [0.1, 0.15) is 18.5 Å². The van der Waals surface area contributed by atoms with Gasteiger partial charge in [0.25, 0.3) is 0 Å². The average molecular weight is 380 g/mol. The second-order valence-electron chi connectivity index (χ2n) is 6.66. The van der Waals surface area contributed by atoms with Crippen molar-refractivity contribution in [2.45, 2.75) is 29.8 Å². The molecule has 0 aliphatic carbocycles. The first-order valence-corrected chi connectivity index (χ1v) is 9.81. The fourth-order valence-electron chi connectivity index (χ4n) is 3.86.